The van der Waals surface area contributed by atoms with E-state index in [1.54, 1.807) is 0 Å². The smallest absolute Gasteiger partial charge is 0.222 e. The Morgan fingerprint density at radius 2 is 2.38 bits per heavy atom. The standard InChI is InChI=1S/C15H24N4O2/c1-12(20)16-15-6-8-19(17-15)13-5-7-18(10-13)11-14-4-2-3-9-21-14/h6,8,13-14H,2-5,7,9-11H2,1H3,(H,16,17,20)/t13-,14+/m1/s1. The summed E-state index contributed by atoms with van der Waals surface area (Å²) in [6.07, 6.45) is 7.16. The maximum Gasteiger partial charge on any atom is 0.222 e. The Balaban J connectivity index is 1.51. The van der Waals surface area contributed by atoms with E-state index in [-0.39, 0.29) is 5.91 Å². The third-order valence-electron chi connectivity index (χ3n) is 4.27. The Kier molecular flexibility index (Phi) is 4.55. The van der Waals surface area contributed by atoms with E-state index in [2.05, 4.69) is 15.3 Å². The van der Waals surface area contributed by atoms with Gasteiger partial charge in [-0.2, -0.15) is 5.10 Å². The summed E-state index contributed by atoms with van der Waals surface area (Å²) < 4.78 is 7.80. The van der Waals surface area contributed by atoms with E-state index in [0.717, 1.165) is 32.7 Å². The van der Waals surface area contributed by atoms with Crippen LogP contribution in [-0.2, 0) is 9.53 Å². The van der Waals surface area contributed by atoms with Crippen molar-refractivity contribution in [2.24, 2.45) is 0 Å². The van der Waals surface area contributed by atoms with Gasteiger partial charge in [0, 0.05) is 45.4 Å². The van der Waals surface area contributed by atoms with Crippen molar-refractivity contribution < 1.29 is 9.53 Å². The number of anilines is 1. The second kappa shape index (κ2) is 6.58. The quantitative estimate of drug-likeness (QED) is 0.917. The Labute approximate surface area is 125 Å². The largest absolute Gasteiger partial charge is 0.377 e. The van der Waals surface area contributed by atoms with Crippen LogP contribution in [0.15, 0.2) is 12.3 Å². The lowest BCUT2D eigenvalue weighted by atomic mass is 10.1. The van der Waals surface area contributed by atoms with Gasteiger partial charge in [-0.1, -0.05) is 0 Å². The number of aromatic nitrogens is 2. The molecule has 3 rings (SSSR count). The Bertz CT molecular complexity index is 482. The highest BCUT2D eigenvalue weighted by molar-refractivity contribution is 5.87. The van der Waals surface area contributed by atoms with Crippen molar-refractivity contribution >= 4 is 11.7 Å². The number of carbonyl (C=O) groups is 1. The molecule has 6 heteroatoms. The maximum absolute atomic E-state index is 11.0. The van der Waals surface area contributed by atoms with Crippen LogP contribution < -0.4 is 5.32 Å². The number of likely N-dealkylation sites (tertiary alicyclic amines) is 1. The molecule has 1 aromatic rings. The number of hydrogen-bond donors (Lipinski definition) is 1. The zero-order valence-corrected chi connectivity index (χ0v) is 12.6. The summed E-state index contributed by atoms with van der Waals surface area (Å²) in [6, 6.07) is 2.25. The molecule has 0 spiro atoms. The molecule has 0 aromatic carbocycles. The highest BCUT2D eigenvalue weighted by Gasteiger charge is 2.27. The predicted octanol–water partition coefficient (Wildman–Crippen LogP) is 1.66. The first-order valence-electron chi connectivity index (χ1n) is 7.87. The van der Waals surface area contributed by atoms with E-state index >= 15 is 0 Å². The molecule has 2 aliphatic rings. The van der Waals surface area contributed by atoms with E-state index in [1.807, 2.05) is 16.9 Å². The van der Waals surface area contributed by atoms with Crippen molar-refractivity contribution in [2.45, 2.75) is 44.8 Å². The third-order valence-corrected chi connectivity index (χ3v) is 4.27. The zero-order chi connectivity index (χ0) is 14.7. The predicted molar refractivity (Wildman–Crippen MR) is 80.2 cm³/mol. The SMILES string of the molecule is CC(=O)Nc1ccn([C@@H]2CCN(C[C@@H]3CCCCO3)C2)n1. The van der Waals surface area contributed by atoms with E-state index in [4.69, 9.17) is 4.74 Å². The lowest BCUT2D eigenvalue weighted by molar-refractivity contribution is -0.114. The number of nitrogens with one attached hydrogen (secondary N) is 1. The summed E-state index contributed by atoms with van der Waals surface area (Å²) >= 11 is 0. The molecule has 0 radical (unpaired) electrons. The van der Waals surface area contributed by atoms with Crippen LogP contribution in [0, 0.1) is 0 Å². The van der Waals surface area contributed by atoms with Crippen LogP contribution in [0.5, 0.6) is 0 Å². The van der Waals surface area contributed by atoms with Crippen LogP contribution in [-0.4, -0.2) is 52.9 Å². The molecule has 21 heavy (non-hydrogen) atoms. The molecule has 1 amide bonds. The third kappa shape index (κ3) is 3.83. The van der Waals surface area contributed by atoms with Gasteiger partial charge in [0.1, 0.15) is 0 Å². The van der Waals surface area contributed by atoms with Crippen molar-refractivity contribution in [1.82, 2.24) is 14.7 Å². The van der Waals surface area contributed by atoms with Crippen LogP contribution in [0.1, 0.15) is 38.6 Å². The van der Waals surface area contributed by atoms with Crippen molar-refractivity contribution in [1.29, 1.82) is 0 Å². The molecule has 3 heterocycles. The minimum atomic E-state index is -0.0808. The van der Waals surface area contributed by atoms with Crippen LogP contribution >= 0.6 is 0 Å². The molecular weight excluding hydrogens is 268 g/mol. The molecule has 2 aliphatic heterocycles. The lowest BCUT2D eigenvalue weighted by Gasteiger charge is -2.27. The zero-order valence-electron chi connectivity index (χ0n) is 12.6. The summed E-state index contributed by atoms with van der Waals surface area (Å²) in [5, 5.41) is 7.16. The van der Waals surface area contributed by atoms with Gasteiger partial charge >= 0.3 is 0 Å². The van der Waals surface area contributed by atoms with Gasteiger partial charge in [-0.05, 0) is 25.7 Å². The minimum absolute atomic E-state index is 0.0808. The second-order valence-electron chi connectivity index (χ2n) is 6.05. The average molecular weight is 292 g/mol. The van der Waals surface area contributed by atoms with Gasteiger partial charge in [0.2, 0.25) is 5.91 Å². The first kappa shape index (κ1) is 14.5. The summed E-state index contributed by atoms with van der Waals surface area (Å²) in [6.45, 7) is 5.57. The first-order valence-corrected chi connectivity index (χ1v) is 7.87. The molecule has 2 atom stereocenters. The molecule has 0 bridgehead atoms. The molecule has 1 N–H and O–H groups in total. The fourth-order valence-electron chi connectivity index (χ4n) is 3.22. The molecule has 0 unspecified atom stereocenters. The fraction of sp³-hybridized carbons (Fsp3) is 0.733. The van der Waals surface area contributed by atoms with Crippen LogP contribution in [0.4, 0.5) is 5.82 Å². The molecule has 0 saturated carbocycles. The monoisotopic (exact) mass is 292 g/mol. The normalized spacial score (nSPS) is 26.9. The summed E-state index contributed by atoms with van der Waals surface area (Å²) in [4.78, 5) is 13.5. The fourth-order valence-corrected chi connectivity index (χ4v) is 3.22. The van der Waals surface area contributed by atoms with Gasteiger partial charge in [0.25, 0.3) is 0 Å². The Morgan fingerprint density at radius 1 is 1.48 bits per heavy atom. The van der Waals surface area contributed by atoms with Gasteiger partial charge in [0.05, 0.1) is 12.1 Å². The molecule has 2 saturated heterocycles. The molecule has 116 valence electrons. The number of rotatable bonds is 4. The van der Waals surface area contributed by atoms with Crippen molar-refractivity contribution in [3.05, 3.63) is 12.3 Å². The molecule has 2 fully saturated rings. The highest BCUT2D eigenvalue weighted by Crippen LogP contribution is 2.23. The van der Waals surface area contributed by atoms with Crippen LogP contribution in [0.2, 0.25) is 0 Å². The average Bonchev–Trinajstić information content (AvgIpc) is 3.08. The van der Waals surface area contributed by atoms with Gasteiger partial charge in [0.15, 0.2) is 5.82 Å². The van der Waals surface area contributed by atoms with Gasteiger partial charge < -0.3 is 10.1 Å². The van der Waals surface area contributed by atoms with Gasteiger partial charge in [-0.3, -0.25) is 14.4 Å². The molecule has 6 nitrogen and oxygen atoms in total. The van der Waals surface area contributed by atoms with E-state index in [1.165, 1.54) is 26.2 Å². The topological polar surface area (TPSA) is 59.4 Å². The van der Waals surface area contributed by atoms with Crippen molar-refractivity contribution in [2.75, 3.05) is 31.6 Å². The minimum Gasteiger partial charge on any atom is -0.377 e. The molecule has 1 aromatic heterocycles. The second-order valence-corrected chi connectivity index (χ2v) is 6.05. The number of amides is 1. The van der Waals surface area contributed by atoms with E-state index in [9.17, 15) is 4.79 Å². The molecular formula is C15H24N4O2. The number of nitrogens with zero attached hydrogens (tertiary/aromatic N) is 3. The van der Waals surface area contributed by atoms with Crippen molar-refractivity contribution in [3.63, 3.8) is 0 Å². The highest BCUT2D eigenvalue weighted by atomic mass is 16.5. The van der Waals surface area contributed by atoms with E-state index in [0.29, 0.717) is 18.0 Å². The first-order chi connectivity index (χ1) is 10.2. The van der Waals surface area contributed by atoms with E-state index < -0.39 is 0 Å². The number of carbonyl (C=O) groups excluding carboxylic acids is 1. The van der Waals surface area contributed by atoms with Gasteiger partial charge in [-0.15, -0.1) is 0 Å². The lowest BCUT2D eigenvalue weighted by Crippen LogP contribution is -2.34. The van der Waals surface area contributed by atoms with Gasteiger partial charge in [-0.25, -0.2) is 0 Å². The number of ether oxygens (including phenoxy) is 1. The van der Waals surface area contributed by atoms with Crippen molar-refractivity contribution in [3.8, 4) is 0 Å². The molecule has 0 aliphatic carbocycles. The van der Waals surface area contributed by atoms with Crippen LogP contribution in [0.25, 0.3) is 0 Å². The summed E-state index contributed by atoms with van der Waals surface area (Å²) in [5.41, 5.74) is 0. The summed E-state index contributed by atoms with van der Waals surface area (Å²) in [5.74, 6) is 0.555. The van der Waals surface area contributed by atoms with Crippen LogP contribution in [0.3, 0.4) is 0 Å². The Hall–Kier alpha value is -1.40. The Morgan fingerprint density at radius 3 is 3.14 bits per heavy atom. The maximum atomic E-state index is 11.0. The summed E-state index contributed by atoms with van der Waals surface area (Å²) in [7, 11) is 0. The number of hydrogen-bond acceptors (Lipinski definition) is 4.